The highest BCUT2D eigenvalue weighted by Gasteiger charge is 2.14. The summed E-state index contributed by atoms with van der Waals surface area (Å²) in [4.78, 5) is 1.98. The van der Waals surface area contributed by atoms with Gasteiger partial charge in [0.2, 0.25) is 0 Å². The van der Waals surface area contributed by atoms with Crippen LogP contribution in [0.5, 0.6) is 0 Å². The van der Waals surface area contributed by atoms with Gasteiger partial charge in [0.25, 0.3) is 0 Å². The Balaban J connectivity index is 2.22. The van der Waals surface area contributed by atoms with Crippen LogP contribution in [-0.4, -0.2) is 13.1 Å². The van der Waals surface area contributed by atoms with Gasteiger partial charge in [-0.2, -0.15) is 0 Å². The lowest BCUT2D eigenvalue weighted by molar-refractivity contribution is 0.547. The molecule has 1 aromatic rings. The average molecular weight is 197 g/mol. The summed E-state index contributed by atoms with van der Waals surface area (Å²) in [5.41, 5.74) is 0.533. The van der Waals surface area contributed by atoms with Crippen molar-refractivity contribution in [1.29, 1.82) is 0 Å². The van der Waals surface area contributed by atoms with Gasteiger partial charge >= 0.3 is 0 Å². The van der Waals surface area contributed by atoms with Crippen LogP contribution in [0.4, 0.5) is 14.5 Å². The van der Waals surface area contributed by atoms with E-state index in [4.69, 9.17) is 0 Å². The van der Waals surface area contributed by atoms with Crippen molar-refractivity contribution in [3.8, 4) is 0 Å². The van der Waals surface area contributed by atoms with E-state index in [0.717, 1.165) is 32.0 Å². The zero-order chi connectivity index (χ0) is 9.97. The van der Waals surface area contributed by atoms with Crippen molar-refractivity contribution in [1.82, 2.24) is 0 Å². The van der Waals surface area contributed by atoms with Crippen molar-refractivity contribution in [2.75, 3.05) is 18.0 Å². The van der Waals surface area contributed by atoms with E-state index in [1.807, 2.05) is 4.90 Å². The zero-order valence-electron chi connectivity index (χ0n) is 7.97. The zero-order valence-corrected chi connectivity index (χ0v) is 7.97. The minimum atomic E-state index is -0.511. The summed E-state index contributed by atoms with van der Waals surface area (Å²) < 4.78 is 26.0. The first kappa shape index (κ1) is 9.44. The van der Waals surface area contributed by atoms with E-state index in [1.54, 1.807) is 0 Å². The summed E-state index contributed by atoms with van der Waals surface area (Å²) in [6.45, 7) is 1.76. The van der Waals surface area contributed by atoms with Crippen molar-refractivity contribution >= 4 is 5.69 Å². The van der Waals surface area contributed by atoms with Crippen LogP contribution in [0.1, 0.15) is 19.3 Å². The molecule has 1 aliphatic heterocycles. The van der Waals surface area contributed by atoms with Gasteiger partial charge < -0.3 is 4.90 Å². The molecule has 0 unspecified atom stereocenters. The fourth-order valence-electron chi connectivity index (χ4n) is 1.87. The van der Waals surface area contributed by atoms with Crippen LogP contribution >= 0.6 is 0 Å². The van der Waals surface area contributed by atoms with Crippen LogP contribution < -0.4 is 4.90 Å². The lowest BCUT2D eigenvalue weighted by Gasteiger charge is -2.28. The first-order valence-corrected chi connectivity index (χ1v) is 4.97. The molecule has 1 nitrogen and oxygen atoms in total. The molecule has 0 aliphatic carbocycles. The van der Waals surface area contributed by atoms with Crippen LogP contribution in [0.2, 0.25) is 0 Å². The number of anilines is 1. The van der Waals surface area contributed by atoms with Gasteiger partial charge in [-0.1, -0.05) is 0 Å². The Labute approximate surface area is 82.3 Å². The standard InChI is InChI=1S/C11H13F2N/c12-9-4-5-11(10(13)8-9)14-6-2-1-3-7-14/h4-5,8H,1-3,6-7H2. The fourth-order valence-corrected chi connectivity index (χ4v) is 1.87. The molecule has 1 saturated heterocycles. The summed E-state index contributed by atoms with van der Waals surface area (Å²) in [6.07, 6.45) is 3.40. The Bertz CT molecular complexity index is 319. The molecule has 0 saturated carbocycles. The molecule has 0 aromatic heterocycles. The molecule has 1 fully saturated rings. The Morgan fingerprint density at radius 1 is 1.00 bits per heavy atom. The number of nitrogens with zero attached hydrogens (tertiary/aromatic N) is 1. The van der Waals surface area contributed by atoms with Gasteiger partial charge in [-0.15, -0.1) is 0 Å². The second-order valence-corrected chi connectivity index (χ2v) is 3.64. The summed E-state index contributed by atoms with van der Waals surface area (Å²) >= 11 is 0. The van der Waals surface area contributed by atoms with E-state index in [9.17, 15) is 8.78 Å². The van der Waals surface area contributed by atoms with Crippen molar-refractivity contribution in [3.63, 3.8) is 0 Å². The number of halogens is 2. The normalized spacial score (nSPS) is 17.1. The van der Waals surface area contributed by atoms with Crippen molar-refractivity contribution in [3.05, 3.63) is 29.8 Å². The van der Waals surface area contributed by atoms with Gasteiger partial charge in [0.05, 0.1) is 5.69 Å². The largest absolute Gasteiger partial charge is 0.369 e. The monoisotopic (exact) mass is 197 g/mol. The summed E-state index contributed by atoms with van der Waals surface area (Å²) in [7, 11) is 0. The lowest BCUT2D eigenvalue weighted by Crippen LogP contribution is -2.30. The van der Waals surface area contributed by atoms with E-state index in [-0.39, 0.29) is 0 Å². The molecule has 0 atom stereocenters. The molecule has 1 aromatic carbocycles. The Morgan fingerprint density at radius 2 is 1.71 bits per heavy atom. The molecule has 0 bridgehead atoms. The Kier molecular flexibility index (Phi) is 2.66. The predicted octanol–water partition coefficient (Wildman–Crippen LogP) is 2.96. The molecule has 76 valence electrons. The highest BCUT2D eigenvalue weighted by molar-refractivity contribution is 5.48. The van der Waals surface area contributed by atoms with E-state index >= 15 is 0 Å². The molecular weight excluding hydrogens is 184 g/mol. The van der Waals surface area contributed by atoms with Crippen molar-refractivity contribution in [2.45, 2.75) is 19.3 Å². The molecule has 0 N–H and O–H groups in total. The summed E-state index contributed by atoms with van der Waals surface area (Å²) in [6, 6.07) is 3.78. The maximum Gasteiger partial charge on any atom is 0.149 e. The number of piperidine rings is 1. The number of benzene rings is 1. The topological polar surface area (TPSA) is 3.24 Å². The average Bonchev–Trinajstić information content (AvgIpc) is 2.19. The molecule has 14 heavy (non-hydrogen) atoms. The molecule has 0 radical (unpaired) electrons. The second kappa shape index (κ2) is 3.95. The molecule has 1 heterocycles. The molecule has 1 aliphatic rings. The highest BCUT2D eigenvalue weighted by atomic mass is 19.1. The molecule has 3 heteroatoms. The van der Waals surface area contributed by atoms with Crippen LogP contribution in [0.25, 0.3) is 0 Å². The van der Waals surface area contributed by atoms with Gasteiger partial charge in [-0.3, -0.25) is 0 Å². The van der Waals surface area contributed by atoms with Gasteiger partial charge in [-0.05, 0) is 31.4 Å². The van der Waals surface area contributed by atoms with E-state index in [2.05, 4.69) is 0 Å². The van der Waals surface area contributed by atoms with Crippen molar-refractivity contribution < 1.29 is 8.78 Å². The van der Waals surface area contributed by atoms with Gasteiger partial charge in [0, 0.05) is 19.2 Å². The minimum Gasteiger partial charge on any atom is -0.369 e. The van der Waals surface area contributed by atoms with Gasteiger partial charge in [-0.25, -0.2) is 8.78 Å². The highest BCUT2D eigenvalue weighted by Crippen LogP contribution is 2.23. The summed E-state index contributed by atoms with van der Waals surface area (Å²) in [5, 5.41) is 0. The molecule has 0 spiro atoms. The maximum atomic E-state index is 13.4. The lowest BCUT2D eigenvalue weighted by atomic mass is 10.1. The third-order valence-corrected chi connectivity index (χ3v) is 2.61. The quantitative estimate of drug-likeness (QED) is 0.669. The van der Waals surface area contributed by atoms with Crippen LogP contribution in [0, 0.1) is 11.6 Å². The summed E-state index contributed by atoms with van der Waals surface area (Å²) in [5.74, 6) is -0.963. The second-order valence-electron chi connectivity index (χ2n) is 3.64. The fraction of sp³-hybridized carbons (Fsp3) is 0.455. The maximum absolute atomic E-state index is 13.4. The van der Waals surface area contributed by atoms with Crippen LogP contribution in [0.15, 0.2) is 18.2 Å². The van der Waals surface area contributed by atoms with Crippen LogP contribution in [-0.2, 0) is 0 Å². The van der Waals surface area contributed by atoms with E-state index < -0.39 is 11.6 Å². The number of hydrogen-bond acceptors (Lipinski definition) is 1. The van der Waals surface area contributed by atoms with Crippen LogP contribution in [0.3, 0.4) is 0 Å². The van der Waals surface area contributed by atoms with E-state index in [0.29, 0.717) is 5.69 Å². The first-order valence-electron chi connectivity index (χ1n) is 4.97. The van der Waals surface area contributed by atoms with Gasteiger partial charge in [0.1, 0.15) is 11.6 Å². The number of rotatable bonds is 1. The minimum absolute atomic E-state index is 0.452. The third kappa shape index (κ3) is 1.86. The molecule has 0 amide bonds. The Hall–Kier alpha value is -1.12. The number of hydrogen-bond donors (Lipinski definition) is 0. The molecule has 2 rings (SSSR count). The van der Waals surface area contributed by atoms with Gasteiger partial charge in [0.15, 0.2) is 0 Å². The SMILES string of the molecule is Fc1ccc(N2CCCCC2)c(F)c1. The third-order valence-electron chi connectivity index (χ3n) is 2.61. The smallest absolute Gasteiger partial charge is 0.149 e. The first-order chi connectivity index (χ1) is 6.77. The van der Waals surface area contributed by atoms with Crippen molar-refractivity contribution in [2.24, 2.45) is 0 Å². The van der Waals surface area contributed by atoms with E-state index in [1.165, 1.54) is 18.6 Å². The molecular formula is C11H13F2N. The Morgan fingerprint density at radius 3 is 2.36 bits per heavy atom. The predicted molar refractivity (Wildman–Crippen MR) is 52.4 cm³/mol.